The minimum atomic E-state index is -3.45. The molecule has 0 fully saturated rings. The van der Waals surface area contributed by atoms with Gasteiger partial charge < -0.3 is 9.73 Å². The highest BCUT2D eigenvalue weighted by molar-refractivity contribution is 7.89. The Morgan fingerprint density at radius 1 is 1.16 bits per heavy atom. The van der Waals surface area contributed by atoms with Crippen LogP contribution in [0.1, 0.15) is 18.5 Å². The van der Waals surface area contributed by atoms with Gasteiger partial charge in [-0.1, -0.05) is 12.1 Å². The topological polar surface area (TPSA) is 120 Å². The first-order chi connectivity index (χ1) is 14.7. The Kier molecular flexibility index (Phi) is 5.27. The van der Waals surface area contributed by atoms with E-state index in [1.54, 1.807) is 30.3 Å². The van der Waals surface area contributed by atoms with Crippen molar-refractivity contribution in [2.24, 2.45) is 0 Å². The molecule has 0 bridgehead atoms. The van der Waals surface area contributed by atoms with Gasteiger partial charge in [-0.2, -0.15) is 0 Å². The van der Waals surface area contributed by atoms with E-state index in [1.807, 2.05) is 6.92 Å². The second-order valence-electron chi connectivity index (χ2n) is 7.12. The van der Waals surface area contributed by atoms with E-state index in [-0.39, 0.29) is 17.4 Å². The van der Waals surface area contributed by atoms with Gasteiger partial charge >= 0.3 is 5.76 Å². The van der Waals surface area contributed by atoms with Crippen molar-refractivity contribution in [3.05, 3.63) is 70.6 Å². The van der Waals surface area contributed by atoms with E-state index in [2.05, 4.69) is 20.5 Å². The molecule has 0 amide bonds. The molecule has 1 N–H and O–H groups in total. The summed E-state index contributed by atoms with van der Waals surface area (Å²) in [6, 6.07) is 10.8. The van der Waals surface area contributed by atoms with Crippen LogP contribution in [0.15, 0.2) is 57.9 Å². The molecule has 0 radical (unpaired) electrons. The van der Waals surface area contributed by atoms with E-state index >= 15 is 0 Å². The molecule has 0 saturated carbocycles. The molecule has 2 heterocycles. The van der Waals surface area contributed by atoms with Crippen LogP contribution in [0.2, 0.25) is 0 Å². The number of fused-ring (bicyclic) bond motifs is 1. The fourth-order valence-corrected chi connectivity index (χ4v) is 3.79. The SMILES string of the molecule is C[C@@H](Nc1ncc(-c2ccc3oc(=O)n(CS(C)(=O)=O)c3c2)nn1)c1ccc(F)cc1. The Morgan fingerprint density at radius 3 is 2.55 bits per heavy atom. The maximum atomic E-state index is 13.1. The summed E-state index contributed by atoms with van der Waals surface area (Å²) < 4.78 is 42.5. The molecule has 1 atom stereocenters. The van der Waals surface area contributed by atoms with E-state index in [0.717, 1.165) is 16.4 Å². The standard InChI is InChI=1S/C20H18FN5O4S/c1-12(13-3-6-15(21)7-4-13)23-19-22-10-16(24-25-19)14-5-8-18-17(9-14)26(20(27)30-18)11-31(2,28)29/h3-10,12H,11H2,1-2H3,(H,22,23,25)/t12-/m1/s1. The lowest BCUT2D eigenvalue weighted by molar-refractivity contribution is 0.518. The summed E-state index contributed by atoms with van der Waals surface area (Å²) >= 11 is 0. The monoisotopic (exact) mass is 443 g/mol. The highest BCUT2D eigenvalue weighted by Gasteiger charge is 2.15. The molecule has 0 saturated heterocycles. The van der Waals surface area contributed by atoms with Gasteiger partial charge in [-0.3, -0.25) is 4.57 Å². The van der Waals surface area contributed by atoms with E-state index < -0.39 is 21.5 Å². The molecular weight excluding hydrogens is 425 g/mol. The summed E-state index contributed by atoms with van der Waals surface area (Å²) in [5, 5.41) is 11.3. The van der Waals surface area contributed by atoms with Crippen LogP contribution in [0.25, 0.3) is 22.4 Å². The molecule has 0 aliphatic heterocycles. The number of halogens is 1. The molecular formula is C20H18FN5O4S. The zero-order chi connectivity index (χ0) is 22.2. The first-order valence-corrected chi connectivity index (χ1v) is 11.3. The van der Waals surface area contributed by atoms with Crippen LogP contribution in [-0.2, 0) is 15.7 Å². The van der Waals surface area contributed by atoms with Gasteiger partial charge in [0.25, 0.3) is 0 Å². The average molecular weight is 443 g/mol. The Bertz CT molecular complexity index is 1400. The van der Waals surface area contributed by atoms with E-state index in [9.17, 15) is 17.6 Å². The maximum Gasteiger partial charge on any atom is 0.420 e. The second kappa shape index (κ2) is 7.91. The van der Waals surface area contributed by atoms with Crippen LogP contribution in [0.3, 0.4) is 0 Å². The largest absolute Gasteiger partial charge is 0.420 e. The van der Waals surface area contributed by atoms with Gasteiger partial charge in [0.2, 0.25) is 5.95 Å². The van der Waals surface area contributed by atoms with E-state index in [0.29, 0.717) is 22.7 Å². The fraction of sp³-hybridized carbons (Fsp3) is 0.200. The van der Waals surface area contributed by atoms with Gasteiger partial charge in [-0.25, -0.2) is 22.6 Å². The first-order valence-electron chi connectivity index (χ1n) is 9.23. The van der Waals surface area contributed by atoms with Gasteiger partial charge in [-0.05, 0) is 42.8 Å². The molecule has 160 valence electrons. The number of sulfone groups is 1. The lowest BCUT2D eigenvalue weighted by Crippen LogP contribution is -2.19. The molecule has 2 aromatic heterocycles. The third-order valence-corrected chi connectivity index (χ3v) is 5.33. The normalized spacial score (nSPS) is 12.7. The molecule has 31 heavy (non-hydrogen) atoms. The molecule has 2 aromatic carbocycles. The van der Waals surface area contributed by atoms with Crippen molar-refractivity contribution in [1.82, 2.24) is 19.7 Å². The van der Waals surface area contributed by atoms with Crippen molar-refractivity contribution in [3.63, 3.8) is 0 Å². The Labute approximate surface area is 176 Å². The summed E-state index contributed by atoms with van der Waals surface area (Å²) in [7, 11) is -3.45. The van der Waals surface area contributed by atoms with Crippen molar-refractivity contribution in [1.29, 1.82) is 0 Å². The van der Waals surface area contributed by atoms with Crippen LogP contribution < -0.4 is 11.1 Å². The third-order valence-electron chi connectivity index (χ3n) is 4.60. The molecule has 9 nitrogen and oxygen atoms in total. The van der Waals surface area contributed by atoms with Gasteiger partial charge in [0.05, 0.1) is 17.8 Å². The predicted molar refractivity (Wildman–Crippen MR) is 113 cm³/mol. The van der Waals surface area contributed by atoms with Gasteiger partial charge in [-0.15, -0.1) is 10.2 Å². The third kappa shape index (κ3) is 4.61. The molecule has 11 heteroatoms. The lowest BCUT2D eigenvalue weighted by Gasteiger charge is -2.13. The number of oxazole rings is 1. The van der Waals surface area contributed by atoms with Crippen LogP contribution in [0.5, 0.6) is 0 Å². The Hall–Kier alpha value is -3.60. The molecule has 0 unspecified atom stereocenters. The second-order valence-corrected chi connectivity index (χ2v) is 9.23. The number of hydrogen-bond donors (Lipinski definition) is 1. The van der Waals surface area contributed by atoms with Crippen molar-refractivity contribution in [2.75, 3.05) is 11.6 Å². The average Bonchev–Trinajstić information content (AvgIpc) is 3.02. The zero-order valence-electron chi connectivity index (χ0n) is 16.6. The maximum absolute atomic E-state index is 13.1. The molecule has 0 aliphatic rings. The molecule has 0 aliphatic carbocycles. The van der Waals surface area contributed by atoms with Gasteiger partial charge in [0.15, 0.2) is 15.4 Å². The van der Waals surface area contributed by atoms with Crippen LogP contribution in [0, 0.1) is 5.82 Å². The smallest absolute Gasteiger partial charge is 0.408 e. The van der Waals surface area contributed by atoms with Crippen LogP contribution in [0.4, 0.5) is 10.3 Å². The quantitative estimate of drug-likeness (QED) is 0.483. The fourth-order valence-electron chi connectivity index (χ4n) is 3.08. The van der Waals surface area contributed by atoms with Crippen molar-refractivity contribution in [2.45, 2.75) is 18.8 Å². The van der Waals surface area contributed by atoms with Crippen molar-refractivity contribution in [3.8, 4) is 11.3 Å². The van der Waals surface area contributed by atoms with E-state index in [1.165, 1.54) is 18.3 Å². The number of anilines is 1. The van der Waals surface area contributed by atoms with Crippen LogP contribution >= 0.6 is 0 Å². The summed E-state index contributed by atoms with van der Waals surface area (Å²) in [6.45, 7) is 1.89. The van der Waals surface area contributed by atoms with E-state index in [4.69, 9.17) is 4.42 Å². The summed E-state index contributed by atoms with van der Waals surface area (Å²) in [5.74, 6) is -1.26. The number of nitrogens with one attached hydrogen (secondary N) is 1. The van der Waals surface area contributed by atoms with Crippen LogP contribution in [-0.4, -0.2) is 34.4 Å². The highest BCUT2D eigenvalue weighted by Crippen LogP contribution is 2.23. The number of aromatic nitrogens is 4. The van der Waals surface area contributed by atoms with Crippen molar-refractivity contribution >= 4 is 26.9 Å². The first kappa shape index (κ1) is 20.7. The minimum Gasteiger partial charge on any atom is -0.408 e. The van der Waals surface area contributed by atoms with Gasteiger partial charge in [0.1, 0.15) is 17.4 Å². The summed E-state index contributed by atoms with van der Waals surface area (Å²) in [5.41, 5.74) is 2.49. The zero-order valence-corrected chi connectivity index (χ0v) is 17.4. The Balaban J connectivity index is 1.59. The molecule has 4 rings (SSSR count). The number of nitrogens with zero attached hydrogens (tertiary/aromatic N) is 4. The molecule has 0 spiro atoms. The number of benzene rings is 2. The van der Waals surface area contributed by atoms with Crippen molar-refractivity contribution < 1.29 is 17.2 Å². The number of rotatable bonds is 6. The number of hydrogen-bond acceptors (Lipinski definition) is 8. The lowest BCUT2D eigenvalue weighted by atomic mass is 10.1. The highest BCUT2D eigenvalue weighted by atomic mass is 32.2. The summed E-state index contributed by atoms with van der Waals surface area (Å²) in [6.07, 6.45) is 2.54. The molecule has 4 aromatic rings. The van der Waals surface area contributed by atoms with Gasteiger partial charge in [0, 0.05) is 11.8 Å². The summed E-state index contributed by atoms with van der Waals surface area (Å²) in [4.78, 5) is 16.3. The minimum absolute atomic E-state index is 0.166. The predicted octanol–water partition coefficient (Wildman–Crippen LogP) is 2.76. The Morgan fingerprint density at radius 2 is 1.90 bits per heavy atom.